The van der Waals surface area contributed by atoms with E-state index in [9.17, 15) is 0 Å². The molecule has 0 atom stereocenters. The van der Waals surface area contributed by atoms with Crippen molar-refractivity contribution in [2.75, 3.05) is 0 Å². The van der Waals surface area contributed by atoms with Crippen molar-refractivity contribution in [3.05, 3.63) is 33.7 Å². The van der Waals surface area contributed by atoms with Gasteiger partial charge in [-0.3, -0.25) is 0 Å². The smallest absolute Gasteiger partial charge is 0.124 e. The zero-order valence-corrected chi connectivity index (χ0v) is 12.7. The minimum atomic E-state index is 0.189. The Balaban J connectivity index is 2.22. The summed E-state index contributed by atoms with van der Waals surface area (Å²) in [5.41, 5.74) is 6.72. The van der Waals surface area contributed by atoms with Gasteiger partial charge >= 0.3 is 0 Å². The highest BCUT2D eigenvalue weighted by Crippen LogP contribution is 2.31. The van der Waals surface area contributed by atoms with Gasteiger partial charge in [-0.2, -0.15) is 0 Å². The van der Waals surface area contributed by atoms with E-state index in [2.05, 4.69) is 20.9 Å². The van der Waals surface area contributed by atoms with E-state index in [4.69, 9.17) is 10.5 Å². The molecule has 0 aliphatic heterocycles. The van der Waals surface area contributed by atoms with Crippen LogP contribution in [0.25, 0.3) is 10.6 Å². The van der Waals surface area contributed by atoms with E-state index in [1.54, 1.807) is 11.3 Å². The van der Waals surface area contributed by atoms with E-state index in [1.807, 2.05) is 38.1 Å². The SMILES string of the molecule is CC(C)Oc1ccc(-c2nc(Br)c(CN)s2)cc1. The summed E-state index contributed by atoms with van der Waals surface area (Å²) in [6.07, 6.45) is 0.189. The van der Waals surface area contributed by atoms with Crippen molar-refractivity contribution in [3.8, 4) is 16.3 Å². The molecule has 0 radical (unpaired) electrons. The van der Waals surface area contributed by atoms with Gasteiger partial charge in [0.2, 0.25) is 0 Å². The van der Waals surface area contributed by atoms with Crippen molar-refractivity contribution < 1.29 is 4.74 Å². The molecule has 2 rings (SSSR count). The first-order chi connectivity index (χ1) is 8.60. The largest absolute Gasteiger partial charge is 0.491 e. The molecule has 96 valence electrons. The molecule has 18 heavy (non-hydrogen) atoms. The number of benzene rings is 1. The Morgan fingerprint density at radius 3 is 2.50 bits per heavy atom. The van der Waals surface area contributed by atoms with Crippen molar-refractivity contribution in [2.24, 2.45) is 5.73 Å². The lowest BCUT2D eigenvalue weighted by Crippen LogP contribution is -2.05. The molecule has 1 heterocycles. The lowest BCUT2D eigenvalue weighted by atomic mass is 10.2. The van der Waals surface area contributed by atoms with Crippen LogP contribution in [0.1, 0.15) is 18.7 Å². The predicted octanol–water partition coefficient (Wildman–Crippen LogP) is 3.82. The van der Waals surface area contributed by atoms with Crippen molar-refractivity contribution in [2.45, 2.75) is 26.5 Å². The molecule has 0 unspecified atom stereocenters. The van der Waals surface area contributed by atoms with Gasteiger partial charge in [-0.1, -0.05) is 0 Å². The van der Waals surface area contributed by atoms with Crippen LogP contribution < -0.4 is 10.5 Å². The molecule has 0 bridgehead atoms. The number of halogens is 1. The molecule has 0 aliphatic rings. The molecule has 3 nitrogen and oxygen atoms in total. The van der Waals surface area contributed by atoms with Gasteiger partial charge in [0.15, 0.2) is 0 Å². The summed E-state index contributed by atoms with van der Waals surface area (Å²) >= 11 is 5.02. The lowest BCUT2D eigenvalue weighted by Gasteiger charge is -2.09. The summed E-state index contributed by atoms with van der Waals surface area (Å²) in [6.45, 7) is 4.53. The van der Waals surface area contributed by atoms with Gasteiger partial charge in [0.05, 0.1) is 11.0 Å². The van der Waals surface area contributed by atoms with Crippen LogP contribution >= 0.6 is 27.3 Å². The van der Waals surface area contributed by atoms with Gasteiger partial charge < -0.3 is 10.5 Å². The van der Waals surface area contributed by atoms with Crippen molar-refractivity contribution in [1.82, 2.24) is 4.98 Å². The van der Waals surface area contributed by atoms with E-state index in [1.165, 1.54) is 0 Å². The zero-order valence-electron chi connectivity index (χ0n) is 10.3. The van der Waals surface area contributed by atoms with E-state index in [0.29, 0.717) is 6.54 Å². The fourth-order valence-corrected chi connectivity index (χ4v) is 3.07. The molecule has 2 N–H and O–H groups in total. The molecule has 0 fully saturated rings. The highest BCUT2D eigenvalue weighted by atomic mass is 79.9. The van der Waals surface area contributed by atoms with Crippen molar-refractivity contribution >= 4 is 27.3 Å². The Bertz CT molecular complexity index is 522. The fourth-order valence-electron chi connectivity index (χ4n) is 1.53. The molecular formula is C13H15BrN2OS. The van der Waals surface area contributed by atoms with Gasteiger partial charge in [-0.25, -0.2) is 4.98 Å². The van der Waals surface area contributed by atoms with Gasteiger partial charge in [-0.15, -0.1) is 11.3 Å². The average molecular weight is 327 g/mol. The van der Waals surface area contributed by atoms with E-state index in [-0.39, 0.29) is 6.10 Å². The van der Waals surface area contributed by atoms with Gasteiger partial charge in [-0.05, 0) is 54.0 Å². The Kier molecular flexibility index (Phi) is 4.37. The van der Waals surface area contributed by atoms with E-state index >= 15 is 0 Å². The molecule has 0 spiro atoms. The molecule has 0 saturated carbocycles. The summed E-state index contributed by atoms with van der Waals surface area (Å²) in [6, 6.07) is 7.96. The third-order valence-corrected chi connectivity index (χ3v) is 4.35. The van der Waals surface area contributed by atoms with Crippen LogP contribution in [0.2, 0.25) is 0 Å². The highest BCUT2D eigenvalue weighted by molar-refractivity contribution is 9.10. The summed E-state index contributed by atoms with van der Waals surface area (Å²) in [4.78, 5) is 5.52. The monoisotopic (exact) mass is 326 g/mol. The molecule has 0 amide bonds. The van der Waals surface area contributed by atoms with Crippen molar-refractivity contribution in [1.29, 1.82) is 0 Å². The topological polar surface area (TPSA) is 48.1 Å². The molecular weight excluding hydrogens is 312 g/mol. The number of aromatic nitrogens is 1. The second kappa shape index (κ2) is 5.82. The number of rotatable bonds is 4. The van der Waals surface area contributed by atoms with Crippen molar-refractivity contribution in [3.63, 3.8) is 0 Å². The predicted molar refractivity (Wildman–Crippen MR) is 78.9 cm³/mol. The quantitative estimate of drug-likeness (QED) is 0.929. The molecule has 0 aliphatic carbocycles. The highest BCUT2D eigenvalue weighted by Gasteiger charge is 2.09. The minimum Gasteiger partial charge on any atom is -0.491 e. The molecule has 1 aromatic carbocycles. The van der Waals surface area contributed by atoms with Gasteiger partial charge in [0.25, 0.3) is 0 Å². The maximum absolute atomic E-state index is 5.64. The molecule has 1 aromatic heterocycles. The standard InChI is InChI=1S/C13H15BrN2OS/c1-8(2)17-10-5-3-9(4-6-10)13-16-12(14)11(7-15)18-13/h3-6,8H,7,15H2,1-2H3. The summed E-state index contributed by atoms with van der Waals surface area (Å²) in [5.74, 6) is 0.878. The third-order valence-electron chi connectivity index (χ3n) is 2.31. The summed E-state index contributed by atoms with van der Waals surface area (Å²) in [5, 5.41) is 0.971. The number of hydrogen-bond acceptors (Lipinski definition) is 4. The van der Waals surface area contributed by atoms with Crippen LogP contribution in [0.15, 0.2) is 28.9 Å². The third kappa shape index (κ3) is 3.10. The number of thiazole rings is 1. The number of nitrogens with zero attached hydrogens (tertiary/aromatic N) is 1. The lowest BCUT2D eigenvalue weighted by molar-refractivity contribution is 0.242. The summed E-state index contributed by atoms with van der Waals surface area (Å²) < 4.78 is 6.45. The average Bonchev–Trinajstić information content (AvgIpc) is 2.71. The maximum Gasteiger partial charge on any atom is 0.124 e. The Morgan fingerprint density at radius 1 is 1.33 bits per heavy atom. The minimum absolute atomic E-state index is 0.189. The van der Waals surface area contributed by atoms with Crippen LogP contribution in [0.5, 0.6) is 5.75 Å². The first-order valence-electron chi connectivity index (χ1n) is 5.72. The number of hydrogen-bond donors (Lipinski definition) is 1. The Morgan fingerprint density at radius 2 is 2.00 bits per heavy atom. The number of nitrogens with two attached hydrogens (primary N) is 1. The second-order valence-corrected chi connectivity index (χ2v) is 5.96. The Labute approximate surface area is 119 Å². The van der Waals surface area contributed by atoms with Gasteiger partial charge in [0, 0.05) is 12.1 Å². The van der Waals surface area contributed by atoms with E-state index in [0.717, 1.165) is 25.8 Å². The fraction of sp³-hybridized carbons (Fsp3) is 0.308. The zero-order chi connectivity index (χ0) is 13.1. The Hall–Kier alpha value is -0.910. The van der Waals surface area contributed by atoms with Crippen LogP contribution in [-0.4, -0.2) is 11.1 Å². The number of ether oxygens (including phenoxy) is 1. The first-order valence-corrected chi connectivity index (χ1v) is 7.33. The van der Waals surface area contributed by atoms with Crippen LogP contribution in [0.3, 0.4) is 0 Å². The normalized spacial score (nSPS) is 10.9. The molecule has 2 aromatic rings. The summed E-state index contributed by atoms with van der Waals surface area (Å²) in [7, 11) is 0. The van der Waals surface area contributed by atoms with Gasteiger partial charge in [0.1, 0.15) is 15.4 Å². The maximum atomic E-state index is 5.64. The first kappa shape index (κ1) is 13.5. The van der Waals surface area contributed by atoms with E-state index < -0.39 is 0 Å². The second-order valence-electron chi connectivity index (χ2n) is 4.13. The van der Waals surface area contributed by atoms with Crippen LogP contribution in [0.4, 0.5) is 0 Å². The molecule has 5 heteroatoms. The van der Waals surface area contributed by atoms with Crippen LogP contribution in [0, 0.1) is 0 Å². The molecule has 0 saturated heterocycles. The van der Waals surface area contributed by atoms with Crippen LogP contribution in [-0.2, 0) is 6.54 Å².